The van der Waals surface area contributed by atoms with Crippen molar-refractivity contribution >= 4 is 5.91 Å². The Kier molecular flexibility index (Phi) is 5.36. The van der Waals surface area contributed by atoms with Gasteiger partial charge >= 0.3 is 0 Å². The molecule has 2 atom stereocenters. The number of nitrogens with one attached hydrogen (secondary N) is 1. The molecule has 1 aromatic carbocycles. The maximum absolute atomic E-state index is 12.3. The summed E-state index contributed by atoms with van der Waals surface area (Å²) in [6, 6.07) is 7.58. The number of nitrogens with two attached hydrogens (primary N) is 1. The number of benzene rings is 1. The number of carbonyl (C=O) groups is 1. The van der Waals surface area contributed by atoms with E-state index in [1.807, 2.05) is 45.0 Å². The number of hydrogen-bond acceptors (Lipinski definition) is 3. The Morgan fingerprint density at radius 2 is 2.11 bits per heavy atom. The molecule has 1 rings (SSSR count). The molecule has 0 aromatic heterocycles. The lowest BCUT2D eigenvalue weighted by atomic mass is 9.86. The molecule has 0 aliphatic rings. The zero-order valence-electron chi connectivity index (χ0n) is 12.2. The van der Waals surface area contributed by atoms with E-state index in [9.17, 15) is 4.79 Å². The minimum Gasteiger partial charge on any atom is -0.496 e. The number of para-hydroxylation sites is 1. The van der Waals surface area contributed by atoms with Crippen LogP contribution in [0.15, 0.2) is 24.3 Å². The molecule has 3 N–H and O–H groups in total. The van der Waals surface area contributed by atoms with Crippen LogP contribution in [-0.4, -0.2) is 19.6 Å². The molecule has 0 radical (unpaired) electrons. The van der Waals surface area contributed by atoms with Gasteiger partial charge < -0.3 is 15.8 Å². The van der Waals surface area contributed by atoms with Gasteiger partial charge in [-0.25, -0.2) is 0 Å². The monoisotopic (exact) mass is 264 g/mol. The van der Waals surface area contributed by atoms with E-state index >= 15 is 0 Å². The number of amides is 1. The minimum absolute atomic E-state index is 0.0177. The van der Waals surface area contributed by atoms with Crippen LogP contribution in [0.5, 0.6) is 5.75 Å². The lowest BCUT2D eigenvalue weighted by Gasteiger charge is -2.27. The van der Waals surface area contributed by atoms with Gasteiger partial charge in [-0.3, -0.25) is 4.79 Å². The zero-order valence-corrected chi connectivity index (χ0v) is 12.2. The standard InChI is InChI=1S/C15H24N2O2/c1-5-15(3,10-16)14(18)17-11(2)12-8-6-7-9-13(12)19-4/h6-9,11H,5,10,16H2,1-4H3,(H,17,18)/t11-,15?/m0/s1. The second-order valence-corrected chi connectivity index (χ2v) is 5.06. The van der Waals surface area contributed by atoms with Gasteiger partial charge in [0.05, 0.1) is 18.6 Å². The average molecular weight is 264 g/mol. The van der Waals surface area contributed by atoms with Crippen LogP contribution in [0.2, 0.25) is 0 Å². The van der Waals surface area contributed by atoms with Gasteiger partial charge in [-0.1, -0.05) is 25.1 Å². The molecule has 0 saturated heterocycles. The predicted molar refractivity (Wildman–Crippen MR) is 77.0 cm³/mol. The number of ether oxygens (including phenoxy) is 1. The summed E-state index contributed by atoms with van der Waals surface area (Å²) in [6.45, 7) is 6.15. The number of rotatable bonds is 6. The van der Waals surface area contributed by atoms with Crippen molar-refractivity contribution in [2.75, 3.05) is 13.7 Å². The van der Waals surface area contributed by atoms with Crippen LogP contribution in [0.3, 0.4) is 0 Å². The van der Waals surface area contributed by atoms with E-state index in [0.717, 1.165) is 11.3 Å². The van der Waals surface area contributed by atoms with Gasteiger partial charge in [-0.05, 0) is 26.3 Å². The van der Waals surface area contributed by atoms with Gasteiger partial charge in [-0.15, -0.1) is 0 Å². The first-order chi connectivity index (χ1) is 8.98. The van der Waals surface area contributed by atoms with Gasteiger partial charge in [0.15, 0.2) is 0 Å². The molecule has 0 fully saturated rings. The molecular formula is C15H24N2O2. The predicted octanol–water partition coefficient (Wildman–Crippen LogP) is 2.25. The van der Waals surface area contributed by atoms with Crippen LogP contribution in [0.25, 0.3) is 0 Å². The molecule has 0 bridgehead atoms. The summed E-state index contributed by atoms with van der Waals surface area (Å²) in [5, 5.41) is 3.01. The smallest absolute Gasteiger partial charge is 0.227 e. The Morgan fingerprint density at radius 3 is 2.63 bits per heavy atom. The van der Waals surface area contributed by atoms with Crippen molar-refractivity contribution in [2.45, 2.75) is 33.2 Å². The maximum Gasteiger partial charge on any atom is 0.227 e. The van der Waals surface area contributed by atoms with E-state index in [0.29, 0.717) is 13.0 Å². The first kappa shape index (κ1) is 15.5. The lowest BCUT2D eigenvalue weighted by Crippen LogP contribution is -2.44. The molecule has 0 aliphatic carbocycles. The van der Waals surface area contributed by atoms with Gasteiger partial charge in [-0.2, -0.15) is 0 Å². The van der Waals surface area contributed by atoms with Crippen LogP contribution in [-0.2, 0) is 4.79 Å². The van der Waals surface area contributed by atoms with Crippen LogP contribution in [0.4, 0.5) is 0 Å². The van der Waals surface area contributed by atoms with Crippen molar-refractivity contribution in [3.05, 3.63) is 29.8 Å². The minimum atomic E-state index is -0.518. The van der Waals surface area contributed by atoms with Crippen molar-refractivity contribution < 1.29 is 9.53 Å². The Hall–Kier alpha value is -1.55. The highest BCUT2D eigenvalue weighted by Crippen LogP contribution is 2.26. The van der Waals surface area contributed by atoms with Gasteiger partial charge in [0.2, 0.25) is 5.91 Å². The topological polar surface area (TPSA) is 64.4 Å². The fraction of sp³-hybridized carbons (Fsp3) is 0.533. The molecule has 106 valence electrons. The summed E-state index contributed by atoms with van der Waals surface area (Å²) in [5.41, 5.74) is 6.15. The van der Waals surface area contributed by atoms with Crippen LogP contribution >= 0.6 is 0 Å². The SMILES string of the molecule is CCC(C)(CN)C(=O)N[C@@H](C)c1ccccc1OC. The third kappa shape index (κ3) is 3.47. The highest BCUT2D eigenvalue weighted by atomic mass is 16.5. The Labute approximate surface area is 115 Å². The Morgan fingerprint density at radius 1 is 1.47 bits per heavy atom. The summed E-state index contributed by atoms with van der Waals surface area (Å²) in [6.07, 6.45) is 0.716. The molecule has 1 unspecified atom stereocenters. The summed E-state index contributed by atoms with van der Waals surface area (Å²) in [4.78, 5) is 12.3. The quantitative estimate of drug-likeness (QED) is 0.828. The van der Waals surface area contributed by atoms with Crippen molar-refractivity contribution in [1.82, 2.24) is 5.32 Å². The molecule has 0 aliphatic heterocycles. The van der Waals surface area contributed by atoms with E-state index in [2.05, 4.69) is 5.32 Å². The first-order valence-corrected chi connectivity index (χ1v) is 6.62. The van der Waals surface area contributed by atoms with E-state index < -0.39 is 5.41 Å². The maximum atomic E-state index is 12.3. The number of hydrogen-bond donors (Lipinski definition) is 2. The van der Waals surface area contributed by atoms with Crippen molar-refractivity contribution in [1.29, 1.82) is 0 Å². The average Bonchev–Trinajstić information content (AvgIpc) is 2.45. The van der Waals surface area contributed by atoms with E-state index in [1.54, 1.807) is 7.11 Å². The lowest BCUT2D eigenvalue weighted by molar-refractivity contribution is -0.130. The fourth-order valence-electron chi connectivity index (χ4n) is 1.87. The van der Waals surface area contributed by atoms with Crippen molar-refractivity contribution in [2.24, 2.45) is 11.1 Å². The molecule has 4 nitrogen and oxygen atoms in total. The van der Waals surface area contributed by atoms with Gasteiger partial charge in [0.1, 0.15) is 5.75 Å². The summed E-state index contributed by atoms with van der Waals surface area (Å²) >= 11 is 0. The molecule has 4 heteroatoms. The van der Waals surface area contributed by atoms with E-state index in [4.69, 9.17) is 10.5 Å². The van der Waals surface area contributed by atoms with E-state index in [1.165, 1.54) is 0 Å². The third-order valence-corrected chi connectivity index (χ3v) is 3.73. The second-order valence-electron chi connectivity index (χ2n) is 5.06. The third-order valence-electron chi connectivity index (χ3n) is 3.73. The molecular weight excluding hydrogens is 240 g/mol. The van der Waals surface area contributed by atoms with Gasteiger partial charge in [0, 0.05) is 12.1 Å². The van der Waals surface area contributed by atoms with Crippen LogP contribution < -0.4 is 15.8 Å². The van der Waals surface area contributed by atoms with Crippen LogP contribution in [0, 0.1) is 5.41 Å². The first-order valence-electron chi connectivity index (χ1n) is 6.62. The molecule has 1 aromatic rings. The van der Waals surface area contributed by atoms with Crippen molar-refractivity contribution in [3.63, 3.8) is 0 Å². The zero-order chi connectivity index (χ0) is 14.5. The molecule has 0 spiro atoms. The Bertz CT molecular complexity index is 428. The number of methoxy groups -OCH3 is 1. The molecule has 19 heavy (non-hydrogen) atoms. The highest BCUT2D eigenvalue weighted by Gasteiger charge is 2.30. The number of carbonyl (C=O) groups excluding carboxylic acids is 1. The Balaban J connectivity index is 2.85. The molecule has 0 heterocycles. The fourth-order valence-corrected chi connectivity index (χ4v) is 1.87. The summed E-state index contributed by atoms with van der Waals surface area (Å²) in [7, 11) is 1.63. The normalized spacial score (nSPS) is 15.4. The highest BCUT2D eigenvalue weighted by molar-refractivity contribution is 5.82. The molecule has 0 saturated carbocycles. The van der Waals surface area contributed by atoms with E-state index in [-0.39, 0.29) is 11.9 Å². The van der Waals surface area contributed by atoms with Crippen molar-refractivity contribution in [3.8, 4) is 5.75 Å². The van der Waals surface area contributed by atoms with Crippen LogP contribution in [0.1, 0.15) is 38.8 Å². The summed E-state index contributed by atoms with van der Waals surface area (Å²) < 4.78 is 5.31. The largest absolute Gasteiger partial charge is 0.496 e. The van der Waals surface area contributed by atoms with Gasteiger partial charge in [0.25, 0.3) is 0 Å². The summed E-state index contributed by atoms with van der Waals surface area (Å²) in [5.74, 6) is 0.761. The second kappa shape index (κ2) is 6.57. The molecule has 1 amide bonds.